The first kappa shape index (κ1) is 16.9. The molecule has 20 heavy (non-hydrogen) atoms. The third-order valence-electron chi connectivity index (χ3n) is 3.59. The first-order valence-corrected chi connectivity index (χ1v) is 6.75. The number of β-amino-alcohol motifs (C(OH)–C–C–N with tert-alkyl or cyclic N) is 1. The second-order valence-corrected chi connectivity index (χ2v) is 6.77. The van der Waals surface area contributed by atoms with Gasteiger partial charge >= 0.3 is 5.95 Å². The summed E-state index contributed by atoms with van der Waals surface area (Å²) in [5.41, 5.74) is -0.385. The maximum absolute atomic E-state index is 10.8. The summed E-state index contributed by atoms with van der Waals surface area (Å²) in [6.07, 6.45) is 2.23. The monoisotopic (exact) mass is 305 g/mol. The number of H-pyrrole nitrogens is 1. The largest absolute Gasteiger partial charge is 0.577 e. The summed E-state index contributed by atoms with van der Waals surface area (Å²) >= 11 is 6.27. The quantitative estimate of drug-likeness (QED) is 0.302. The fourth-order valence-corrected chi connectivity index (χ4v) is 1.60. The highest BCUT2D eigenvalue weighted by atomic mass is 35.5. The summed E-state index contributed by atoms with van der Waals surface area (Å²) in [6, 6.07) is 0. The maximum atomic E-state index is 10.8. The molecule has 1 aromatic heterocycles. The summed E-state index contributed by atoms with van der Waals surface area (Å²) in [6.45, 7) is 8.08. The van der Waals surface area contributed by atoms with Crippen molar-refractivity contribution >= 4 is 17.5 Å². The van der Waals surface area contributed by atoms with Crippen molar-refractivity contribution in [3.05, 3.63) is 22.5 Å². The normalized spacial score (nSPS) is 14.3. The molecule has 0 amide bonds. The zero-order valence-corrected chi connectivity index (χ0v) is 12.9. The van der Waals surface area contributed by atoms with Gasteiger partial charge in [-0.1, -0.05) is 0 Å². The SMILES string of the molecule is CC(C)(Cl)C(C)(C)NCC(O)C[n+]1cc[nH]c1[N+](=O)[O-]. The first-order valence-electron chi connectivity index (χ1n) is 6.38. The number of hydrogen-bond acceptors (Lipinski definition) is 4. The summed E-state index contributed by atoms with van der Waals surface area (Å²) in [5.74, 6) is -0.152. The first-order chi connectivity index (χ1) is 9.04. The van der Waals surface area contributed by atoms with E-state index >= 15 is 0 Å². The molecule has 3 N–H and O–H groups in total. The number of nitro groups is 1. The standard InChI is InChI=1S/C12H21ClN4O3/c1-11(2,13)12(3,4)15-7-9(18)8-16-6-5-14-10(16)17(19)20/h5-6,9,15,18H,7-8H2,1-4H3/p+1. The number of nitrogens with zero attached hydrogens (tertiary/aromatic N) is 2. The minimum Gasteiger partial charge on any atom is -0.387 e. The molecule has 0 fully saturated rings. The Hall–Kier alpha value is -1.18. The second kappa shape index (κ2) is 6.07. The number of halogens is 1. The van der Waals surface area contributed by atoms with Crippen molar-refractivity contribution in [3.63, 3.8) is 0 Å². The second-order valence-electron chi connectivity index (χ2n) is 5.83. The number of aliphatic hydroxyl groups excluding tert-OH is 1. The van der Waals surface area contributed by atoms with Crippen LogP contribution in [0.4, 0.5) is 5.95 Å². The van der Waals surface area contributed by atoms with E-state index in [2.05, 4.69) is 10.3 Å². The van der Waals surface area contributed by atoms with Crippen molar-refractivity contribution in [3.8, 4) is 0 Å². The Morgan fingerprint density at radius 3 is 2.65 bits per heavy atom. The Bertz CT molecular complexity index is 468. The molecule has 0 aromatic carbocycles. The van der Waals surface area contributed by atoms with Crippen LogP contribution < -0.4 is 9.88 Å². The van der Waals surface area contributed by atoms with Gasteiger partial charge in [-0.05, 0) is 27.7 Å². The number of rotatable bonds is 7. The molecule has 1 atom stereocenters. The molecule has 114 valence electrons. The van der Waals surface area contributed by atoms with E-state index in [0.717, 1.165) is 0 Å². The van der Waals surface area contributed by atoms with E-state index in [4.69, 9.17) is 11.6 Å². The topological polar surface area (TPSA) is 95.1 Å². The van der Waals surface area contributed by atoms with E-state index in [1.54, 1.807) is 0 Å². The lowest BCUT2D eigenvalue weighted by Crippen LogP contribution is -2.56. The molecule has 8 heteroatoms. The zero-order chi connectivity index (χ0) is 15.6. The van der Waals surface area contributed by atoms with E-state index in [-0.39, 0.29) is 18.0 Å². The van der Waals surface area contributed by atoms with Crippen LogP contribution in [-0.2, 0) is 6.54 Å². The zero-order valence-electron chi connectivity index (χ0n) is 12.2. The molecule has 1 heterocycles. The van der Waals surface area contributed by atoms with Crippen LogP contribution in [0.1, 0.15) is 27.7 Å². The molecule has 0 saturated carbocycles. The van der Waals surface area contributed by atoms with Gasteiger partial charge in [0, 0.05) is 12.1 Å². The van der Waals surface area contributed by atoms with Crippen LogP contribution in [0.3, 0.4) is 0 Å². The Balaban J connectivity index is 2.59. The van der Waals surface area contributed by atoms with Crippen LogP contribution in [0.2, 0.25) is 0 Å². The smallest absolute Gasteiger partial charge is 0.387 e. The predicted octanol–water partition coefficient (Wildman–Crippen LogP) is 0.957. The minimum atomic E-state index is -0.757. The molecular weight excluding hydrogens is 284 g/mol. The van der Waals surface area contributed by atoms with Gasteiger partial charge in [0.2, 0.25) is 0 Å². The highest BCUT2D eigenvalue weighted by molar-refractivity contribution is 6.24. The van der Waals surface area contributed by atoms with Gasteiger partial charge in [0.1, 0.15) is 12.6 Å². The van der Waals surface area contributed by atoms with E-state index in [0.29, 0.717) is 6.54 Å². The highest BCUT2D eigenvalue weighted by Crippen LogP contribution is 2.27. The predicted molar refractivity (Wildman–Crippen MR) is 75.7 cm³/mol. The van der Waals surface area contributed by atoms with Gasteiger partial charge in [-0.3, -0.25) is 0 Å². The Labute approximate surface area is 123 Å². The number of nitrogens with one attached hydrogen (secondary N) is 2. The van der Waals surface area contributed by atoms with Crippen LogP contribution in [0, 0.1) is 10.1 Å². The molecule has 0 bridgehead atoms. The summed E-state index contributed by atoms with van der Waals surface area (Å²) in [4.78, 5) is 12.3. The van der Waals surface area contributed by atoms with Gasteiger partial charge in [0.05, 0.1) is 9.80 Å². The lowest BCUT2D eigenvalue weighted by molar-refractivity contribution is -0.740. The lowest BCUT2D eigenvalue weighted by atomic mass is 9.89. The lowest BCUT2D eigenvalue weighted by Gasteiger charge is -2.38. The maximum Gasteiger partial charge on any atom is 0.577 e. The van der Waals surface area contributed by atoms with Crippen molar-refractivity contribution in [2.24, 2.45) is 0 Å². The fraction of sp³-hybridized carbons (Fsp3) is 0.750. The molecule has 0 saturated heterocycles. The van der Waals surface area contributed by atoms with E-state index < -0.39 is 15.9 Å². The molecule has 1 rings (SSSR count). The van der Waals surface area contributed by atoms with Crippen molar-refractivity contribution < 1.29 is 14.6 Å². The summed E-state index contributed by atoms with van der Waals surface area (Å²) in [5, 5.41) is 23.9. The van der Waals surface area contributed by atoms with Crippen molar-refractivity contribution in [2.45, 2.75) is 50.8 Å². The molecule has 1 unspecified atom stereocenters. The number of aromatic amines is 1. The third kappa shape index (κ3) is 4.16. The number of alkyl halides is 1. The Morgan fingerprint density at radius 1 is 1.55 bits per heavy atom. The minimum absolute atomic E-state index is 0.131. The van der Waals surface area contributed by atoms with E-state index in [1.807, 2.05) is 27.7 Å². The number of hydrogen-bond donors (Lipinski definition) is 3. The molecule has 1 aromatic rings. The van der Waals surface area contributed by atoms with Crippen molar-refractivity contribution in [2.75, 3.05) is 6.54 Å². The van der Waals surface area contributed by atoms with Gasteiger partial charge in [-0.25, -0.2) is 0 Å². The van der Waals surface area contributed by atoms with Gasteiger partial charge in [0.25, 0.3) is 0 Å². The number of imidazole rings is 1. The molecule has 0 aliphatic rings. The van der Waals surface area contributed by atoms with Crippen molar-refractivity contribution in [1.82, 2.24) is 10.3 Å². The molecule has 0 radical (unpaired) electrons. The summed E-state index contributed by atoms with van der Waals surface area (Å²) < 4.78 is 1.37. The van der Waals surface area contributed by atoms with Crippen molar-refractivity contribution in [1.29, 1.82) is 0 Å². The molecular formula is C12H22ClN4O3+. The summed E-state index contributed by atoms with van der Waals surface area (Å²) in [7, 11) is 0. The van der Waals surface area contributed by atoms with Crippen LogP contribution in [0.25, 0.3) is 0 Å². The van der Waals surface area contributed by atoms with Crippen LogP contribution in [-0.4, -0.2) is 38.1 Å². The fourth-order valence-electron chi connectivity index (χ4n) is 1.53. The van der Waals surface area contributed by atoms with Crippen LogP contribution >= 0.6 is 11.6 Å². The third-order valence-corrected chi connectivity index (χ3v) is 4.06. The number of aliphatic hydroxyl groups is 1. The average Bonchev–Trinajstić information content (AvgIpc) is 2.73. The van der Waals surface area contributed by atoms with Gasteiger partial charge in [-0.2, -0.15) is 4.98 Å². The van der Waals surface area contributed by atoms with E-state index in [9.17, 15) is 15.2 Å². The van der Waals surface area contributed by atoms with Gasteiger partial charge in [0.15, 0.2) is 12.4 Å². The molecule has 0 aliphatic carbocycles. The van der Waals surface area contributed by atoms with Crippen LogP contribution in [0.5, 0.6) is 0 Å². The van der Waals surface area contributed by atoms with E-state index in [1.165, 1.54) is 17.0 Å². The molecule has 7 nitrogen and oxygen atoms in total. The van der Waals surface area contributed by atoms with Gasteiger partial charge < -0.3 is 20.5 Å². The Morgan fingerprint density at radius 2 is 2.15 bits per heavy atom. The molecule has 0 aliphatic heterocycles. The molecule has 0 spiro atoms. The highest BCUT2D eigenvalue weighted by Gasteiger charge is 2.35. The average molecular weight is 306 g/mol. The van der Waals surface area contributed by atoms with Gasteiger partial charge in [-0.15, -0.1) is 16.2 Å². The Kier molecular flexibility index (Phi) is 5.12. The number of aromatic nitrogens is 2. The van der Waals surface area contributed by atoms with Crippen LogP contribution in [0.15, 0.2) is 12.4 Å².